The van der Waals surface area contributed by atoms with Crippen molar-refractivity contribution in [2.45, 2.75) is 26.9 Å². The summed E-state index contributed by atoms with van der Waals surface area (Å²) in [5, 5.41) is 9.99. The Morgan fingerprint density at radius 2 is 1.67 bits per heavy atom. The number of Topliss-reactive ketones (excluding diaryl/α,β-unsaturated/α-hetero) is 1. The molecule has 0 aliphatic heterocycles. The van der Waals surface area contributed by atoms with Crippen LogP contribution in [0, 0.1) is 11.8 Å². The van der Waals surface area contributed by atoms with Crippen molar-refractivity contribution in [3.05, 3.63) is 35.9 Å². The van der Waals surface area contributed by atoms with E-state index < -0.39 is 6.10 Å². The van der Waals surface area contributed by atoms with Crippen LogP contribution in [0.15, 0.2) is 30.3 Å². The van der Waals surface area contributed by atoms with Gasteiger partial charge in [-0.1, -0.05) is 51.1 Å². The van der Waals surface area contributed by atoms with Crippen molar-refractivity contribution in [1.82, 2.24) is 0 Å². The van der Waals surface area contributed by atoms with Crippen molar-refractivity contribution >= 4 is 5.78 Å². The van der Waals surface area contributed by atoms with Crippen LogP contribution in [0.4, 0.5) is 0 Å². The topological polar surface area (TPSA) is 37.3 Å². The number of hydrogen-bond acceptors (Lipinski definition) is 2. The highest BCUT2D eigenvalue weighted by molar-refractivity contribution is 5.83. The van der Waals surface area contributed by atoms with E-state index in [0.29, 0.717) is 0 Å². The molecule has 0 saturated carbocycles. The van der Waals surface area contributed by atoms with E-state index in [1.165, 1.54) is 0 Å². The first-order valence-corrected chi connectivity index (χ1v) is 5.30. The number of carbonyl (C=O) groups is 1. The number of benzene rings is 1. The third-order valence-corrected chi connectivity index (χ3v) is 2.63. The summed E-state index contributed by atoms with van der Waals surface area (Å²) in [7, 11) is 0. The molecule has 0 unspecified atom stereocenters. The Kier molecular flexibility index (Phi) is 4.04. The second-order valence-corrected chi connectivity index (χ2v) is 4.20. The molecule has 0 saturated heterocycles. The number of hydrogen-bond donors (Lipinski definition) is 1. The van der Waals surface area contributed by atoms with Gasteiger partial charge in [-0.15, -0.1) is 0 Å². The van der Waals surface area contributed by atoms with Gasteiger partial charge in [0.05, 0.1) is 6.10 Å². The fraction of sp³-hybridized carbons (Fsp3) is 0.462. The summed E-state index contributed by atoms with van der Waals surface area (Å²) >= 11 is 0. The molecule has 1 N–H and O–H groups in total. The molecule has 0 radical (unpaired) electrons. The van der Waals surface area contributed by atoms with E-state index in [9.17, 15) is 9.90 Å². The van der Waals surface area contributed by atoms with Crippen molar-refractivity contribution in [2.24, 2.45) is 11.8 Å². The van der Waals surface area contributed by atoms with Gasteiger partial charge in [-0.3, -0.25) is 4.79 Å². The molecule has 0 heterocycles. The lowest BCUT2D eigenvalue weighted by atomic mass is 9.89. The smallest absolute Gasteiger partial charge is 0.141 e. The Balaban J connectivity index is 2.77. The summed E-state index contributed by atoms with van der Waals surface area (Å²) in [6, 6.07) is 9.31. The highest BCUT2D eigenvalue weighted by atomic mass is 16.3. The van der Waals surface area contributed by atoms with Gasteiger partial charge in [-0.25, -0.2) is 0 Å². The maximum absolute atomic E-state index is 11.7. The zero-order chi connectivity index (χ0) is 11.4. The minimum absolute atomic E-state index is 0.0293. The van der Waals surface area contributed by atoms with Crippen LogP contribution in [-0.2, 0) is 4.79 Å². The highest BCUT2D eigenvalue weighted by Gasteiger charge is 2.24. The predicted octanol–water partition coefficient (Wildman–Crippen LogP) is 2.58. The summed E-state index contributed by atoms with van der Waals surface area (Å²) in [5.74, 6) is -0.267. The number of carbonyl (C=O) groups excluding carboxylic acids is 1. The predicted molar refractivity (Wildman–Crippen MR) is 60.4 cm³/mol. The Labute approximate surface area is 90.9 Å². The van der Waals surface area contributed by atoms with Gasteiger partial charge in [-0.2, -0.15) is 0 Å². The second kappa shape index (κ2) is 5.08. The molecule has 0 aromatic heterocycles. The fourth-order valence-electron chi connectivity index (χ4n) is 1.62. The summed E-state index contributed by atoms with van der Waals surface area (Å²) in [5.41, 5.74) is 0.805. The lowest BCUT2D eigenvalue weighted by molar-refractivity contribution is -0.128. The van der Waals surface area contributed by atoms with Gasteiger partial charge in [0.1, 0.15) is 5.78 Å². The minimum atomic E-state index is -0.693. The molecule has 0 aliphatic rings. The van der Waals surface area contributed by atoms with Crippen molar-refractivity contribution in [1.29, 1.82) is 0 Å². The van der Waals surface area contributed by atoms with Crippen LogP contribution in [-0.4, -0.2) is 10.9 Å². The van der Waals surface area contributed by atoms with E-state index in [1.807, 2.05) is 44.2 Å². The molecule has 0 spiro atoms. The quantitative estimate of drug-likeness (QED) is 0.822. The van der Waals surface area contributed by atoms with Gasteiger partial charge in [0.25, 0.3) is 0 Å². The van der Waals surface area contributed by atoms with E-state index in [-0.39, 0.29) is 17.6 Å². The minimum Gasteiger partial charge on any atom is -0.388 e. The van der Waals surface area contributed by atoms with Gasteiger partial charge >= 0.3 is 0 Å². The third-order valence-electron chi connectivity index (χ3n) is 2.63. The van der Waals surface area contributed by atoms with Crippen LogP contribution in [0.5, 0.6) is 0 Å². The van der Waals surface area contributed by atoms with E-state index in [4.69, 9.17) is 0 Å². The first-order chi connectivity index (χ1) is 7.04. The van der Waals surface area contributed by atoms with Crippen LogP contribution < -0.4 is 0 Å². The lowest BCUT2D eigenvalue weighted by Crippen LogP contribution is -2.23. The summed E-state index contributed by atoms with van der Waals surface area (Å²) in [6.07, 6.45) is -0.693. The molecule has 0 amide bonds. The fourth-order valence-corrected chi connectivity index (χ4v) is 1.62. The van der Waals surface area contributed by atoms with Gasteiger partial charge in [0.2, 0.25) is 0 Å². The van der Waals surface area contributed by atoms with Gasteiger partial charge < -0.3 is 5.11 Å². The summed E-state index contributed by atoms with van der Waals surface area (Å²) in [6.45, 7) is 5.49. The molecular weight excluding hydrogens is 188 g/mol. The van der Waals surface area contributed by atoms with Crippen LogP contribution in [0.2, 0.25) is 0 Å². The number of aliphatic hydroxyl groups is 1. The largest absolute Gasteiger partial charge is 0.388 e. The monoisotopic (exact) mass is 206 g/mol. The summed E-state index contributed by atoms with van der Waals surface area (Å²) < 4.78 is 0. The van der Waals surface area contributed by atoms with Gasteiger partial charge in [-0.05, 0) is 5.56 Å². The molecule has 2 heteroatoms. The molecule has 0 fully saturated rings. The molecule has 0 aliphatic carbocycles. The number of aliphatic hydroxyl groups excluding tert-OH is 1. The standard InChI is InChI=1S/C13H18O2/c1-9(2)12(14)10(3)13(15)11-7-5-4-6-8-11/h4-10,13,15H,1-3H3/t10-,13+/m1/s1. The first-order valence-electron chi connectivity index (χ1n) is 5.30. The molecule has 15 heavy (non-hydrogen) atoms. The Morgan fingerprint density at radius 1 is 1.13 bits per heavy atom. The SMILES string of the molecule is CC(C)C(=O)[C@@H](C)[C@H](O)c1ccccc1. The molecule has 2 atom stereocenters. The maximum atomic E-state index is 11.7. The first kappa shape index (κ1) is 11.9. The Bertz CT molecular complexity index is 317. The molecule has 1 rings (SSSR count). The zero-order valence-corrected chi connectivity index (χ0v) is 9.47. The van der Waals surface area contributed by atoms with Crippen molar-refractivity contribution < 1.29 is 9.90 Å². The zero-order valence-electron chi connectivity index (χ0n) is 9.47. The van der Waals surface area contributed by atoms with Gasteiger partial charge in [0.15, 0.2) is 0 Å². The number of rotatable bonds is 4. The molecule has 0 bridgehead atoms. The lowest BCUT2D eigenvalue weighted by Gasteiger charge is -2.19. The normalized spacial score (nSPS) is 15.0. The second-order valence-electron chi connectivity index (χ2n) is 4.20. The van der Waals surface area contributed by atoms with Crippen LogP contribution in [0.25, 0.3) is 0 Å². The average Bonchev–Trinajstić information content (AvgIpc) is 2.27. The van der Waals surface area contributed by atoms with Crippen molar-refractivity contribution in [3.8, 4) is 0 Å². The molecular formula is C13H18O2. The van der Waals surface area contributed by atoms with E-state index in [2.05, 4.69) is 0 Å². The van der Waals surface area contributed by atoms with Crippen LogP contribution in [0.1, 0.15) is 32.4 Å². The van der Waals surface area contributed by atoms with E-state index in [1.54, 1.807) is 6.92 Å². The van der Waals surface area contributed by atoms with Crippen molar-refractivity contribution in [3.63, 3.8) is 0 Å². The maximum Gasteiger partial charge on any atom is 0.141 e. The average molecular weight is 206 g/mol. The molecule has 82 valence electrons. The van der Waals surface area contributed by atoms with E-state index in [0.717, 1.165) is 5.56 Å². The highest BCUT2D eigenvalue weighted by Crippen LogP contribution is 2.24. The van der Waals surface area contributed by atoms with E-state index >= 15 is 0 Å². The Hall–Kier alpha value is -1.15. The third kappa shape index (κ3) is 2.90. The van der Waals surface area contributed by atoms with Crippen LogP contribution in [0.3, 0.4) is 0 Å². The van der Waals surface area contributed by atoms with Crippen LogP contribution >= 0.6 is 0 Å². The number of ketones is 1. The Morgan fingerprint density at radius 3 is 2.13 bits per heavy atom. The summed E-state index contributed by atoms with van der Waals surface area (Å²) in [4.78, 5) is 11.7. The molecule has 1 aromatic rings. The van der Waals surface area contributed by atoms with Gasteiger partial charge in [0, 0.05) is 11.8 Å². The molecule has 2 nitrogen and oxygen atoms in total. The van der Waals surface area contributed by atoms with Crippen molar-refractivity contribution in [2.75, 3.05) is 0 Å². The molecule has 1 aromatic carbocycles.